The van der Waals surface area contributed by atoms with Crippen molar-refractivity contribution in [2.24, 2.45) is 0 Å². The summed E-state index contributed by atoms with van der Waals surface area (Å²) >= 11 is 0. The molecule has 0 heterocycles. The number of nitrogens with one attached hydrogen (secondary N) is 2. The van der Waals surface area contributed by atoms with E-state index in [2.05, 4.69) is 17.2 Å². The fraction of sp³-hybridized carbons (Fsp3) is 0.692. The molecular formula is C13H24N2O4. The van der Waals surface area contributed by atoms with Gasteiger partial charge in [0.2, 0.25) is 0 Å². The molecule has 0 fully saturated rings. The molecule has 0 aromatic heterocycles. The predicted molar refractivity (Wildman–Crippen MR) is 73.1 cm³/mol. The maximum absolute atomic E-state index is 11.5. The normalized spacial score (nSPS) is 11.6. The zero-order chi connectivity index (χ0) is 14.5. The highest BCUT2D eigenvalue weighted by atomic mass is 16.5. The lowest BCUT2D eigenvalue weighted by atomic mass is 10.1. The lowest BCUT2D eigenvalue weighted by molar-refractivity contribution is -0.137. The summed E-state index contributed by atoms with van der Waals surface area (Å²) in [6.45, 7) is 6.93. The zero-order valence-electron chi connectivity index (χ0n) is 11.5. The van der Waals surface area contributed by atoms with Crippen molar-refractivity contribution in [1.82, 2.24) is 10.6 Å². The van der Waals surface area contributed by atoms with Gasteiger partial charge in [-0.15, -0.1) is 6.58 Å². The first-order chi connectivity index (χ1) is 9.10. The molecule has 0 aliphatic carbocycles. The summed E-state index contributed by atoms with van der Waals surface area (Å²) < 4.78 is 5.23. The average molecular weight is 272 g/mol. The fourth-order valence-corrected chi connectivity index (χ4v) is 1.53. The molecule has 0 spiro atoms. The number of carbonyl (C=O) groups is 2. The van der Waals surface area contributed by atoms with Crippen LogP contribution in [0, 0.1) is 0 Å². The van der Waals surface area contributed by atoms with Crippen LogP contribution in [-0.4, -0.2) is 42.9 Å². The maximum atomic E-state index is 11.5. The number of carbonyl (C=O) groups excluding carboxylic acids is 1. The molecule has 0 saturated heterocycles. The molecule has 3 N–H and O–H groups in total. The van der Waals surface area contributed by atoms with Crippen molar-refractivity contribution < 1.29 is 19.4 Å². The number of rotatable bonds is 11. The molecule has 1 atom stereocenters. The third-order valence-electron chi connectivity index (χ3n) is 2.39. The molecule has 0 bridgehead atoms. The minimum absolute atomic E-state index is 0.0584. The molecule has 110 valence electrons. The summed E-state index contributed by atoms with van der Waals surface area (Å²) in [4.78, 5) is 22.1. The van der Waals surface area contributed by atoms with Gasteiger partial charge in [-0.05, 0) is 12.8 Å². The third kappa shape index (κ3) is 11.3. The van der Waals surface area contributed by atoms with Gasteiger partial charge in [0.1, 0.15) is 0 Å². The Kier molecular flexibility index (Phi) is 10.6. The van der Waals surface area contributed by atoms with Crippen LogP contribution in [0.3, 0.4) is 0 Å². The molecule has 0 aliphatic heterocycles. The van der Waals surface area contributed by atoms with Gasteiger partial charge >= 0.3 is 12.0 Å². The van der Waals surface area contributed by atoms with Crippen LogP contribution in [0.25, 0.3) is 0 Å². The standard InChI is InChI=1S/C13H24N2O4/c1-3-5-8-19-9-7-14-13(18)15-11(6-4-2)10-12(16)17/h3,11H,1,4-10H2,2H3,(H,16,17)(H2,14,15,18). The van der Waals surface area contributed by atoms with E-state index in [1.807, 2.05) is 6.92 Å². The zero-order valence-corrected chi connectivity index (χ0v) is 11.5. The molecule has 6 heteroatoms. The largest absolute Gasteiger partial charge is 0.481 e. The monoisotopic (exact) mass is 272 g/mol. The van der Waals surface area contributed by atoms with E-state index in [1.54, 1.807) is 6.08 Å². The third-order valence-corrected chi connectivity index (χ3v) is 2.39. The number of carboxylic acids is 1. The minimum Gasteiger partial charge on any atom is -0.481 e. The van der Waals surface area contributed by atoms with Gasteiger partial charge in [-0.1, -0.05) is 19.4 Å². The van der Waals surface area contributed by atoms with E-state index in [-0.39, 0.29) is 18.5 Å². The Labute approximate surface area is 114 Å². The first kappa shape index (κ1) is 17.4. The quantitative estimate of drug-likeness (QED) is 0.393. The van der Waals surface area contributed by atoms with Gasteiger partial charge in [-0.2, -0.15) is 0 Å². The average Bonchev–Trinajstić information content (AvgIpc) is 2.33. The molecule has 6 nitrogen and oxygen atoms in total. The van der Waals surface area contributed by atoms with Crippen LogP contribution in [0.1, 0.15) is 32.6 Å². The smallest absolute Gasteiger partial charge is 0.315 e. The van der Waals surface area contributed by atoms with Crippen LogP contribution in [-0.2, 0) is 9.53 Å². The molecule has 0 aromatic rings. The number of carboxylic acid groups (broad SMARTS) is 1. The van der Waals surface area contributed by atoms with E-state index in [1.165, 1.54) is 0 Å². The molecule has 19 heavy (non-hydrogen) atoms. The second-order valence-electron chi connectivity index (χ2n) is 4.17. The van der Waals surface area contributed by atoms with Crippen molar-refractivity contribution in [3.63, 3.8) is 0 Å². The molecular weight excluding hydrogens is 248 g/mol. The number of aliphatic carboxylic acids is 1. The van der Waals surface area contributed by atoms with Gasteiger partial charge in [-0.25, -0.2) is 4.79 Å². The minimum atomic E-state index is -0.911. The van der Waals surface area contributed by atoms with E-state index < -0.39 is 5.97 Å². The summed E-state index contributed by atoms with van der Waals surface area (Å²) in [6.07, 6.45) is 3.96. The second kappa shape index (κ2) is 11.5. The van der Waals surface area contributed by atoms with Crippen molar-refractivity contribution in [1.29, 1.82) is 0 Å². The topological polar surface area (TPSA) is 87.7 Å². The number of urea groups is 1. The van der Waals surface area contributed by atoms with Gasteiger partial charge in [0, 0.05) is 12.6 Å². The molecule has 0 aromatic carbocycles. The first-order valence-electron chi connectivity index (χ1n) is 6.55. The van der Waals surface area contributed by atoms with Crippen molar-refractivity contribution in [3.05, 3.63) is 12.7 Å². The second-order valence-corrected chi connectivity index (χ2v) is 4.17. The van der Waals surface area contributed by atoms with Crippen molar-refractivity contribution in [3.8, 4) is 0 Å². The highest BCUT2D eigenvalue weighted by Crippen LogP contribution is 2.01. The Bertz CT molecular complexity index is 282. The molecule has 2 amide bonds. The molecule has 0 saturated carbocycles. The molecule has 0 aliphatic rings. The Balaban J connectivity index is 3.73. The van der Waals surface area contributed by atoms with Crippen molar-refractivity contribution in [2.45, 2.75) is 38.6 Å². The van der Waals surface area contributed by atoms with Gasteiger partial charge < -0.3 is 20.5 Å². The van der Waals surface area contributed by atoms with Crippen molar-refractivity contribution in [2.75, 3.05) is 19.8 Å². The van der Waals surface area contributed by atoms with Gasteiger partial charge in [0.05, 0.1) is 19.6 Å². The van der Waals surface area contributed by atoms with Gasteiger partial charge in [0.15, 0.2) is 0 Å². The lowest BCUT2D eigenvalue weighted by Gasteiger charge is -2.16. The molecule has 1 unspecified atom stereocenters. The van der Waals surface area contributed by atoms with Crippen LogP contribution >= 0.6 is 0 Å². The van der Waals surface area contributed by atoms with E-state index in [9.17, 15) is 9.59 Å². The van der Waals surface area contributed by atoms with Gasteiger partial charge in [0.25, 0.3) is 0 Å². The maximum Gasteiger partial charge on any atom is 0.315 e. The SMILES string of the molecule is C=CCCOCCNC(=O)NC(CCC)CC(=O)O. The van der Waals surface area contributed by atoms with E-state index in [0.717, 1.165) is 12.8 Å². The number of amides is 2. The predicted octanol–water partition coefficient (Wildman–Crippen LogP) is 1.52. The molecule has 0 rings (SSSR count). The highest BCUT2D eigenvalue weighted by molar-refractivity contribution is 5.75. The Morgan fingerprint density at radius 2 is 2.16 bits per heavy atom. The van der Waals surface area contributed by atoms with E-state index in [4.69, 9.17) is 9.84 Å². The number of hydrogen-bond donors (Lipinski definition) is 3. The number of ether oxygens (including phenoxy) is 1. The van der Waals surface area contributed by atoms with E-state index in [0.29, 0.717) is 26.2 Å². The van der Waals surface area contributed by atoms with Crippen molar-refractivity contribution >= 4 is 12.0 Å². The Morgan fingerprint density at radius 3 is 2.74 bits per heavy atom. The summed E-state index contributed by atoms with van der Waals surface area (Å²) in [5.41, 5.74) is 0. The van der Waals surface area contributed by atoms with Crippen LogP contribution in [0.2, 0.25) is 0 Å². The Hall–Kier alpha value is -1.56. The first-order valence-corrected chi connectivity index (χ1v) is 6.55. The fourth-order valence-electron chi connectivity index (χ4n) is 1.53. The summed E-state index contributed by atoms with van der Waals surface area (Å²) in [5.74, 6) is -0.911. The lowest BCUT2D eigenvalue weighted by Crippen LogP contribution is -2.44. The van der Waals surface area contributed by atoms with Gasteiger partial charge in [-0.3, -0.25) is 4.79 Å². The number of hydrogen-bond acceptors (Lipinski definition) is 3. The summed E-state index contributed by atoms with van der Waals surface area (Å²) in [5, 5.41) is 14.0. The Morgan fingerprint density at radius 1 is 1.42 bits per heavy atom. The van der Waals surface area contributed by atoms with Crippen LogP contribution in [0.5, 0.6) is 0 Å². The highest BCUT2D eigenvalue weighted by Gasteiger charge is 2.14. The van der Waals surface area contributed by atoms with Crippen LogP contribution < -0.4 is 10.6 Å². The van der Waals surface area contributed by atoms with E-state index >= 15 is 0 Å². The summed E-state index contributed by atoms with van der Waals surface area (Å²) in [6, 6.07) is -0.684. The summed E-state index contributed by atoms with van der Waals surface area (Å²) in [7, 11) is 0. The van der Waals surface area contributed by atoms with Crippen LogP contribution in [0.15, 0.2) is 12.7 Å². The van der Waals surface area contributed by atoms with Crippen LogP contribution in [0.4, 0.5) is 4.79 Å². The molecule has 0 radical (unpaired) electrons.